The van der Waals surface area contributed by atoms with Crippen LogP contribution in [-0.4, -0.2) is 25.1 Å². The minimum absolute atomic E-state index is 0.418. The van der Waals surface area contributed by atoms with Crippen molar-refractivity contribution in [2.45, 2.75) is 6.54 Å². The normalized spacial score (nSPS) is 11.1. The molecule has 0 saturated carbocycles. The van der Waals surface area contributed by atoms with Crippen LogP contribution >= 0.6 is 0 Å². The van der Waals surface area contributed by atoms with E-state index in [9.17, 15) is 9.50 Å². The number of nitrogens with zero attached hydrogens (tertiary/aromatic N) is 4. The van der Waals surface area contributed by atoms with E-state index in [4.69, 9.17) is 15.5 Å². The second kappa shape index (κ2) is 8.09. The summed E-state index contributed by atoms with van der Waals surface area (Å²) in [6.45, 7) is 0.440. The zero-order chi connectivity index (χ0) is 22.1. The molecule has 0 fully saturated rings. The van der Waals surface area contributed by atoms with E-state index in [2.05, 4.69) is 10.3 Å². The maximum atomic E-state index is 13.7. The third-order valence-electron chi connectivity index (χ3n) is 5.01. The van der Waals surface area contributed by atoms with E-state index in [0.717, 1.165) is 16.5 Å². The molecule has 7 nitrogen and oxygen atoms in total. The number of benzene rings is 3. The van der Waals surface area contributed by atoms with E-state index in [0.29, 0.717) is 35.1 Å². The standard InChI is InChI=1S/C24H18FN5O2/c25-19-12-16(7-10-23(19)31)30-14-22(28-29-30)21-9-8-18-20(27-21)5-2-6-24(18)32-17-4-1-3-15(11-17)13-26/h1-12,14,31H,13,26H2. The van der Waals surface area contributed by atoms with Gasteiger partial charge in [0, 0.05) is 18.0 Å². The Hall–Kier alpha value is -4.30. The molecule has 3 aromatic carbocycles. The summed E-state index contributed by atoms with van der Waals surface area (Å²) in [5.41, 5.74) is 9.03. The first-order valence-corrected chi connectivity index (χ1v) is 9.89. The fraction of sp³-hybridized carbons (Fsp3) is 0.0417. The molecule has 0 spiro atoms. The van der Waals surface area contributed by atoms with Crippen LogP contribution in [0.1, 0.15) is 5.56 Å². The van der Waals surface area contributed by atoms with Gasteiger partial charge in [-0.05, 0) is 54.1 Å². The van der Waals surface area contributed by atoms with Crippen molar-refractivity contribution in [3.63, 3.8) is 0 Å². The number of ether oxygens (including phenoxy) is 1. The zero-order valence-electron chi connectivity index (χ0n) is 16.8. The predicted molar refractivity (Wildman–Crippen MR) is 118 cm³/mol. The highest BCUT2D eigenvalue weighted by molar-refractivity contribution is 5.87. The number of rotatable bonds is 5. The molecule has 3 N–H and O–H groups in total. The van der Waals surface area contributed by atoms with Crippen molar-refractivity contribution in [2.24, 2.45) is 5.73 Å². The van der Waals surface area contributed by atoms with E-state index in [1.807, 2.05) is 54.6 Å². The molecular weight excluding hydrogens is 409 g/mol. The van der Waals surface area contributed by atoms with Crippen molar-refractivity contribution < 1.29 is 14.2 Å². The number of aromatic nitrogens is 4. The van der Waals surface area contributed by atoms with Crippen LogP contribution in [0, 0.1) is 5.82 Å². The van der Waals surface area contributed by atoms with Crippen LogP contribution in [0.2, 0.25) is 0 Å². The second-order valence-corrected chi connectivity index (χ2v) is 7.16. The fourth-order valence-corrected chi connectivity index (χ4v) is 3.37. The molecule has 0 atom stereocenters. The minimum atomic E-state index is -0.729. The number of hydrogen-bond acceptors (Lipinski definition) is 6. The van der Waals surface area contributed by atoms with Gasteiger partial charge in [-0.1, -0.05) is 23.4 Å². The van der Waals surface area contributed by atoms with E-state index < -0.39 is 11.6 Å². The summed E-state index contributed by atoms with van der Waals surface area (Å²) < 4.78 is 21.2. The van der Waals surface area contributed by atoms with Gasteiger partial charge in [0.2, 0.25) is 0 Å². The summed E-state index contributed by atoms with van der Waals surface area (Å²) in [5.74, 6) is 0.235. The highest BCUT2D eigenvalue weighted by Gasteiger charge is 2.11. The van der Waals surface area contributed by atoms with E-state index in [-0.39, 0.29) is 0 Å². The minimum Gasteiger partial charge on any atom is -0.505 e. The lowest BCUT2D eigenvalue weighted by molar-refractivity contribution is 0.432. The van der Waals surface area contributed by atoms with Gasteiger partial charge in [-0.3, -0.25) is 0 Å². The Kier molecular flexibility index (Phi) is 4.97. The maximum absolute atomic E-state index is 13.7. The number of phenols is 1. The lowest BCUT2D eigenvalue weighted by Crippen LogP contribution is -1.96. The largest absolute Gasteiger partial charge is 0.505 e. The summed E-state index contributed by atoms with van der Waals surface area (Å²) in [7, 11) is 0. The number of fused-ring (bicyclic) bond motifs is 1. The molecule has 0 aliphatic rings. The molecule has 158 valence electrons. The molecule has 8 heteroatoms. The van der Waals surface area contributed by atoms with Gasteiger partial charge in [0.05, 0.1) is 23.1 Å². The molecule has 0 amide bonds. The summed E-state index contributed by atoms with van der Waals surface area (Å²) >= 11 is 0. The number of phenolic OH excluding ortho intramolecular Hbond substituents is 1. The van der Waals surface area contributed by atoms with Crippen LogP contribution in [0.5, 0.6) is 17.2 Å². The highest BCUT2D eigenvalue weighted by Crippen LogP contribution is 2.31. The van der Waals surface area contributed by atoms with Gasteiger partial charge in [0.15, 0.2) is 11.6 Å². The lowest BCUT2D eigenvalue weighted by atomic mass is 10.1. The third-order valence-corrected chi connectivity index (χ3v) is 5.01. The SMILES string of the molecule is NCc1cccc(Oc2cccc3nc(-c4cn(-c5ccc(O)c(F)c5)nn4)ccc23)c1. The molecule has 0 unspecified atom stereocenters. The van der Waals surface area contributed by atoms with Crippen LogP contribution in [0.15, 0.2) is 79.0 Å². The van der Waals surface area contributed by atoms with Crippen molar-refractivity contribution in [1.82, 2.24) is 20.0 Å². The Balaban J connectivity index is 1.47. The Morgan fingerprint density at radius 3 is 2.69 bits per heavy atom. The summed E-state index contributed by atoms with van der Waals surface area (Å²) in [6, 6.07) is 21.0. The first-order valence-electron chi connectivity index (χ1n) is 9.89. The topological polar surface area (TPSA) is 99.1 Å². The number of halogens is 1. The number of hydrogen-bond donors (Lipinski definition) is 2. The third kappa shape index (κ3) is 3.75. The summed E-state index contributed by atoms with van der Waals surface area (Å²) in [6.07, 6.45) is 1.65. The average molecular weight is 427 g/mol. The molecule has 0 aliphatic heterocycles. The molecule has 2 heterocycles. The lowest BCUT2D eigenvalue weighted by Gasteiger charge is -2.10. The first kappa shape index (κ1) is 19.7. The van der Waals surface area contributed by atoms with Crippen LogP contribution < -0.4 is 10.5 Å². The van der Waals surface area contributed by atoms with Crippen LogP contribution in [0.3, 0.4) is 0 Å². The van der Waals surface area contributed by atoms with Gasteiger partial charge >= 0.3 is 0 Å². The van der Waals surface area contributed by atoms with Crippen molar-refractivity contribution in [2.75, 3.05) is 0 Å². The molecule has 5 aromatic rings. The quantitative estimate of drug-likeness (QED) is 0.426. The van der Waals surface area contributed by atoms with Gasteiger partial charge in [0.25, 0.3) is 0 Å². The number of pyridine rings is 1. The van der Waals surface area contributed by atoms with Gasteiger partial charge in [-0.15, -0.1) is 5.10 Å². The van der Waals surface area contributed by atoms with Crippen LogP contribution in [-0.2, 0) is 6.54 Å². The molecule has 32 heavy (non-hydrogen) atoms. The van der Waals surface area contributed by atoms with E-state index in [1.165, 1.54) is 16.8 Å². The molecule has 0 radical (unpaired) electrons. The first-order chi connectivity index (χ1) is 15.6. The number of aromatic hydroxyl groups is 1. The summed E-state index contributed by atoms with van der Waals surface area (Å²) in [4.78, 5) is 4.69. The molecule has 0 bridgehead atoms. The second-order valence-electron chi connectivity index (χ2n) is 7.16. The predicted octanol–water partition coefficient (Wildman–Crippen LogP) is 4.58. The van der Waals surface area contributed by atoms with Crippen molar-refractivity contribution in [1.29, 1.82) is 0 Å². The smallest absolute Gasteiger partial charge is 0.166 e. The van der Waals surface area contributed by atoms with E-state index >= 15 is 0 Å². The van der Waals surface area contributed by atoms with Crippen molar-refractivity contribution in [3.8, 4) is 34.3 Å². The zero-order valence-corrected chi connectivity index (χ0v) is 16.8. The van der Waals surface area contributed by atoms with Gasteiger partial charge in [-0.25, -0.2) is 14.1 Å². The summed E-state index contributed by atoms with van der Waals surface area (Å²) in [5, 5.41) is 18.4. The highest BCUT2D eigenvalue weighted by atomic mass is 19.1. The molecule has 2 aromatic heterocycles. The van der Waals surface area contributed by atoms with Gasteiger partial charge < -0.3 is 15.6 Å². The van der Waals surface area contributed by atoms with Gasteiger partial charge in [-0.2, -0.15) is 0 Å². The number of nitrogens with two attached hydrogens (primary N) is 1. The van der Waals surface area contributed by atoms with Gasteiger partial charge in [0.1, 0.15) is 17.2 Å². The fourth-order valence-electron chi connectivity index (χ4n) is 3.37. The van der Waals surface area contributed by atoms with Crippen molar-refractivity contribution >= 4 is 10.9 Å². The molecule has 0 aliphatic carbocycles. The Morgan fingerprint density at radius 2 is 1.84 bits per heavy atom. The monoisotopic (exact) mass is 427 g/mol. The molecule has 5 rings (SSSR count). The average Bonchev–Trinajstić information content (AvgIpc) is 3.31. The molecular formula is C24H18FN5O2. The molecule has 0 saturated heterocycles. The van der Waals surface area contributed by atoms with Crippen LogP contribution in [0.4, 0.5) is 4.39 Å². The Labute approximate surface area is 182 Å². The van der Waals surface area contributed by atoms with Crippen LogP contribution in [0.25, 0.3) is 28.0 Å². The maximum Gasteiger partial charge on any atom is 0.166 e. The van der Waals surface area contributed by atoms with Crippen molar-refractivity contribution in [3.05, 3.63) is 90.4 Å². The Morgan fingerprint density at radius 1 is 0.969 bits per heavy atom. The Bertz CT molecular complexity index is 1430. The van der Waals surface area contributed by atoms with E-state index in [1.54, 1.807) is 12.3 Å².